The zero-order valence-electron chi connectivity index (χ0n) is 15.1. The zero-order valence-corrected chi connectivity index (χ0v) is 15.9. The Hall–Kier alpha value is -1.97. The maximum atomic E-state index is 12.8. The third-order valence-electron chi connectivity index (χ3n) is 5.41. The van der Waals surface area contributed by atoms with Crippen molar-refractivity contribution < 1.29 is 27.9 Å². The third kappa shape index (κ3) is 3.99. The lowest BCUT2D eigenvalue weighted by Gasteiger charge is -2.24. The van der Waals surface area contributed by atoms with Gasteiger partial charge in [-0.2, -0.15) is 0 Å². The first-order valence-electron chi connectivity index (χ1n) is 8.97. The summed E-state index contributed by atoms with van der Waals surface area (Å²) < 4.78 is 31.6. The molecular weight excluding hydrogens is 372 g/mol. The molecule has 1 aromatic carbocycles. The van der Waals surface area contributed by atoms with Gasteiger partial charge in [0.2, 0.25) is 10.0 Å². The second kappa shape index (κ2) is 7.95. The number of methoxy groups -OCH3 is 1. The number of hydrogen-bond donors (Lipinski definition) is 2. The molecule has 1 aliphatic heterocycles. The van der Waals surface area contributed by atoms with Crippen LogP contribution in [0.3, 0.4) is 0 Å². The number of ether oxygens (including phenoxy) is 1. The number of carbonyl (C=O) groups is 2. The Labute approximate surface area is 158 Å². The van der Waals surface area contributed by atoms with Crippen LogP contribution in [-0.2, 0) is 19.6 Å². The molecule has 1 saturated heterocycles. The molecule has 2 N–H and O–H groups in total. The van der Waals surface area contributed by atoms with Gasteiger partial charge >= 0.3 is 5.97 Å². The molecule has 0 radical (unpaired) electrons. The van der Waals surface area contributed by atoms with Crippen molar-refractivity contribution in [1.82, 2.24) is 9.62 Å². The second-order valence-electron chi connectivity index (χ2n) is 7.01. The van der Waals surface area contributed by atoms with E-state index < -0.39 is 22.0 Å². The van der Waals surface area contributed by atoms with Gasteiger partial charge in [0.15, 0.2) is 0 Å². The lowest BCUT2D eigenvalue weighted by molar-refractivity contribution is -0.142. The molecule has 27 heavy (non-hydrogen) atoms. The minimum Gasteiger partial charge on any atom is -0.480 e. The molecular formula is C18H24N2O6S. The van der Waals surface area contributed by atoms with Crippen LogP contribution >= 0.6 is 0 Å². The van der Waals surface area contributed by atoms with E-state index in [0.717, 1.165) is 19.3 Å². The number of rotatable bonds is 7. The lowest BCUT2D eigenvalue weighted by Crippen LogP contribution is -2.43. The number of carbonyl (C=O) groups excluding carboxylic acids is 1. The van der Waals surface area contributed by atoms with Crippen LogP contribution in [0.5, 0.6) is 0 Å². The van der Waals surface area contributed by atoms with Crippen LogP contribution in [0.1, 0.15) is 29.6 Å². The molecule has 0 aromatic heterocycles. The van der Waals surface area contributed by atoms with E-state index in [0.29, 0.717) is 6.54 Å². The van der Waals surface area contributed by atoms with Gasteiger partial charge in [-0.05, 0) is 48.9 Å². The highest BCUT2D eigenvalue weighted by atomic mass is 32.2. The van der Waals surface area contributed by atoms with Crippen LogP contribution in [-0.4, -0.2) is 63.1 Å². The summed E-state index contributed by atoms with van der Waals surface area (Å²) in [5.74, 6) is -1.09. The van der Waals surface area contributed by atoms with Crippen LogP contribution in [0.4, 0.5) is 0 Å². The number of sulfonamides is 1. The number of nitrogens with one attached hydrogen (secondary N) is 1. The Morgan fingerprint density at radius 1 is 1.26 bits per heavy atom. The van der Waals surface area contributed by atoms with Crippen LogP contribution < -0.4 is 4.72 Å². The van der Waals surface area contributed by atoms with E-state index in [1.165, 1.54) is 36.3 Å². The monoisotopic (exact) mass is 396 g/mol. The molecule has 0 bridgehead atoms. The first kappa shape index (κ1) is 19.8. The minimum atomic E-state index is -3.68. The number of carboxylic acids is 1. The average molecular weight is 396 g/mol. The highest BCUT2D eigenvalue weighted by Gasteiger charge is 2.49. The molecule has 1 heterocycles. The Bertz CT molecular complexity index is 808. The summed E-state index contributed by atoms with van der Waals surface area (Å²) >= 11 is 0. The van der Waals surface area contributed by atoms with E-state index in [9.17, 15) is 23.1 Å². The van der Waals surface area contributed by atoms with Gasteiger partial charge in [-0.1, -0.05) is 6.42 Å². The topological polar surface area (TPSA) is 113 Å². The fourth-order valence-electron chi connectivity index (χ4n) is 4.13. The van der Waals surface area contributed by atoms with Crippen molar-refractivity contribution in [2.24, 2.45) is 11.8 Å². The van der Waals surface area contributed by atoms with Gasteiger partial charge in [-0.25, -0.2) is 17.9 Å². The third-order valence-corrected chi connectivity index (χ3v) is 6.89. The van der Waals surface area contributed by atoms with Gasteiger partial charge in [0.05, 0.1) is 11.5 Å². The summed E-state index contributed by atoms with van der Waals surface area (Å²) in [4.78, 5) is 26.0. The molecule has 1 saturated carbocycles. The molecule has 1 aliphatic carbocycles. The van der Waals surface area contributed by atoms with E-state index in [-0.39, 0.29) is 41.4 Å². The molecule has 0 spiro atoms. The molecule has 3 atom stereocenters. The zero-order chi connectivity index (χ0) is 19.6. The Balaban J connectivity index is 1.75. The largest absolute Gasteiger partial charge is 0.480 e. The maximum absolute atomic E-state index is 12.8. The molecule has 1 amide bonds. The molecule has 148 valence electrons. The fourth-order valence-corrected chi connectivity index (χ4v) is 5.15. The number of amides is 1. The van der Waals surface area contributed by atoms with Crippen molar-refractivity contribution in [2.75, 3.05) is 26.8 Å². The van der Waals surface area contributed by atoms with Crippen molar-refractivity contribution in [1.29, 1.82) is 0 Å². The van der Waals surface area contributed by atoms with Crippen molar-refractivity contribution in [3.05, 3.63) is 29.8 Å². The number of carboxylic acid groups (broad SMARTS) is 1. The van der Waals surface area contributed by atoms with E-state index in [1.807, 2.05) is 0 Å². The smallest absolute Gasteiger partial charge is 0.326 e. The summed E-state index contributed by atoms with van der Waals surface area (Å²) in [6, 6.07) is 4.77. The molecule has 1 aromatic rings. The van der Waals surface area contributed by atoms with Crippen LogP contribution in [0.2, 0.25) is 0 Å². The van der Waals surface area contributed by atoms with Crippen molar-refractivity contribution >= 4 is 21.9 Å². The first-order chi connectivity index (χ1) is 12.8. The average Bonchev–Trinajstić information content (AvgIpc) is 3.22. The second-order valence-corrected chi connectivity index (χ2v) is 8.78. The number of fused-ring (bicyclic) bond motifs is 1. The van der Waals surface area contributed by atoms with Crippen LogP contribution in [0.25, 0.3) is 0 Å². The van der Waals surface area contributed by atoms with Crippen molar-refractivity contribution in [2.45, 2.75) is 30.2 Å². The summed E-state index contributed by atoms with van der Waals surface area (Å²) in [5, 5.41) is 9.59. The number of likely N-dealkylation sites (tertiary alicyclic amines) is 1. The fraction of sp³-hybridized carbons (Fsp3) is 0.556. The predicted octanol–water partition coefficient (Wildman–Crippen LogP) is 0.937. The SMILES string of the molecule is COCCNS(=O)(=O)c1ccc(C(=O)N2CC3CCCC3C2C(=O)O)cc1. The van der Waals surface area contributed by atoms with Crippen molar-refractivity contribution in [3.8, 4) is 0 Å². The van der Waals surface area contributed by atoms with Gasteiger partial charge in [-0.15, -0.1) is 0 Å². The molecule has 8 nitrogen and oxygen atoms in total. The standard InChI is InChI=1S/C18H24N2O6S/c1-26-10-9-19-27(24,25)14-7-5-12(6-8-14)17(21)20-11-13-3-2-4-15(13)16(20)18(22)23/h5-8,13,15-16,19H,2-4,9-11H2,1H3,(H,22,23). The Kier molecular flexibility index (Phi) is 5.83. The summed E-state index contributed by atoms with van der Waals surface area (Å²) in [5.41, 5.74) is 0.289. The number of hydrogen-bond acceptors (Lipinski definition) is 5. The Morgan fingerprint density at radius 3 is 2.59 bits per heavy atom. The molecule has 9 heteroatoms. The first-order valence-corrected chi connectivity index (χ1v) is 10.5. The number of nitrogens with zero attached hydrogens (tertiary/aromatic N) is 1. The van der Waals surface area contributed by atoms with E-state index in [4.69, 9.17) is 4.74 Å². The highest BCUT2D eigenvalue weighted by molar-refractivity contribution is 7.89. The van der Waals surface area contributed by atoms with Gasteiger partial charge in [0.25, 0.3) is 5.91 Å². The quantitative estimate of drug-likeness (QED) is 0.663. The normalized spacial score (nSPS) is 24.8. The minimum absolute atomic E-state index is 0.0103. The van der Waals surface area contributed by atoms with Gasteiger partial charge in [0, 0.05) is 25.8 Å². The van der Waals surface area contributed by atoms with Gasteiger partial charge < -0.3 is 14.7 Å². The van der Waals surface area contributed by atoms with E-state index in [1.54, 1.807) is 0 Å². The summed E-state index contributed by atoms with van der Waals surface area (Å²) in [6.07, 6.45) is 2.78. The van der Waals surface area contributed by atoms with Gasteiger partial charge in [0.1, 0.15) is 6.04 Å². The predicted molar refractivity (Wildman–Crippen MR) is 96.8 cm³/mol. The summed E-state index contributed by atoms with van der Waals surface area (Å²) in [7, 11) is -2.20. The summed E-state index contributed by atoms with van der Waals surface area (Å²) in [6.45, 7) is 0.846. The highest BCUT2D eigenvalue weighted by Crippen LogP contribution is 2.42. The Morgan fingerprint density at radius 2 is 1.96 bits per heavy atom. The van der Waals surface area contributed by atoms with E-state index >= 15 is 0 Å². The van der Waals surface area contributed by atoms with Crippen LogP contribution in [0, 0.1) is 11.8 Å². The maximum Gasteiger partial charge on any atom is 0.326 e. The molecule has 2 fully saturated rings. The van der Waals surface area contributed by atoms with Crippen LogP contribution in [0.15, 0.2) is 29.2 Å². The van der Waals surface area contributed by atoms with Gasteiger partial charge in [-0.3, -0.25) is 4.79 Å². The molecule has 3 rings (SSSR count). The molecule has 2 aliphatic rings. The number of benzene rings is 1. The molecule has 3 unspecified atom stereocenters. The lowest BCUT2D eigenvalue weighted by atomic mass is 9.94. The number of aliphatic carboxylic acids is 1. The van der Waals surface area contributed by atoms with Crippen molar-refractivity contribution in [3.63, 3.8) is 0 Å². The van der Waals surface area contributed by atoms with E-state index in [2.05, 4.69) is 4.72 Å².